The van der Waals surface area contributed by atoms with Crippen molar-refractivity contribution >= 4 is 75.4 Å². The lowest BCUT2D eigenvalue weighted by Gasteiger charge is -2.10. The number of hydrogen-bond acceptors (Lipinski definition) is 3. The SMILES string of the molecule is c1ccc(-n2c3ccccc3c3c2ccc2c4ccccc4n(-c4ccc5c(c4)sc4nccnc45)c23)cc1. The van der Waals surface area contributed by atoms with Crippen LogP contribution in [-0.4, -0.2) is 19.1 Å². The fraction of sp³-hybridized carbons (Fsp3) is 0. The van der Waals surface area contributed by atoms with Crippen LogP contribution in [0.25, 0.3) is 75.4 Å². The zero-order valence-electron chi connectivity index (χ0n) is 20.7. The van der Waals surface area contributed by atoms with Crippen molar-refractivity contribution in [2.24, 2.45) is 0 Å². The molecule has 0 radical (unpaired) electrons. The molecule has 4 nitrogen and oxygen atoms in total. The number of para-hydroxylation sites is 3. The summed E-state index contributed by atoms with van der Waals surface area (Å²) < 4.78 is 6.02. The van der Waals surface area contributed by atoms with Crippen molar-refractivity contribution in [1.82, 2.24) is 19.1 Å². The molecule has 0 spiro atoms. The van der Waals surface area contributed by atoms with Crippen LogP contribution in [0.4, 0.5) is 0 Å². The average molecular weight is 517 g/mol. The van der Waals surface area contributed by atoms with E-state index in [1.54, 1.807) is 23.7 Å². The summed E-state index contributed by atoms with van der Waals surface area (Å²) in [7, 11) is 0. The van der Waals surface area contributed by atoms with Gasteiger partial charge in [0.05, 0.1) is 22.1 Å². The second-order valence-electron chi connectivity index (χ2n) is 9.89. The van der Waals surface area contributed by atoms with E-state index in [-0.39, 0.29) is 0 Å². The van der Waals surface area contributed by atoms with Gasteiger partial charge in [0.2, 0.25) is 0 Å². The zero-order chi connectivity index (χ0) is 25.5. The minimum Gasteiger partial charge on any atom is -0.309 e. The van der Waals surface area contributed by atoms with Gasteiger partial charge in [0, 0.05) is 55.4 Å². The van der Waals surface area contributed by atoms with E-state index in [9.17, 15) is 0 Å². The van der Waals surface area contributed by atoms with E-state index in [1.807, 2.05) is 0 Å². The molecule has 0 aliphatic heterocycles. The Morgan fingerprint density at radius 1 is 0.513 bits per heavy atom. The van der Waals surface area contributed by atoms with Crippen LogP contribution in [0.5, 0.6) is 0 Å². The van der Waals surface area contributed by atoms with Crippen LogP contribution >= 0.6 is 11.3 Å². The molecule has 5 aromatic carbocycles. The predicted octanol–water partition coefficient (Wildman–Crippen LogP) is 9.04. The van der Waals surface area contributed by atoms with Crippen LogP contribution in [0.1, 0.15) is 0 Å². The van der Waals surface area contributed by atoms with E-state index in [0.717, 1.165) is 27.1 Å². The molecular weight excluding hydrogens is 496 g/mol. The van der Waals surface area contributed by atoms with Gasteiger partial charge in [-0.3, -0.25) is 4.98 Å². The standard InChI is InChI=1S/C34H20N4S/c1-2-8-21(9-3-1)37-28-13-7-5-11-25(28)31-29(37)17-16-24-23-10-4-6-12-27(23)38(33(24)31)22-14-15-26-30(20-22)39-34-32(26)35-18-19-36-34/h1-20H. The van der Waals surface area contributed by atoms with Gasteiger partial charge in [0.25, 0.3) is 0 Å². The topological polar surface area (TPSA) is 35.6 Å². The molecule has 182 valence electrons. The third-order valence-electron chi connectivity index (χ3n) is 7.83. The van der Waals surface area contributed by atoms with Crippen LogP contribution in [0.15, 0.2) is 122 Å². The van der Waals surface area contributed by atoms with Gasteiger partial charge in [0.1, 0.15) is 10.3 Å². The Bertz CT molecular complexity index is 2390. The smallest absolute Gasteiger partial charge is 0.143 e. The zero-order valence-corrected chi connectivity index (χ0v) is 21.6. The van der Waals surface area contributed by atoms with Gasteiger partial charge in [-0.2, -0.15) is 0 Å². The molecular formula is C34H20N4S. The first kappa shape index (κ1) is 21.0. The maximum atomic E-state index is 4.61. The lowest BCUT2D eigenvalue weighted by molar-refractivity contribution is 1.18. The summed E-state index contributed by atoms with van der Waals surface area (Å²) in [5.41, 5.74) is 8.13. The highest BCUT2D eigenvalue weighted by Crippen LogP contribution is 2.42. The number of hydrogen-bond donors (Lipinski definition) is 0. The summed E-state index contributed by atoms with van der Waals surface area (Å²) in [6, 6.07) is 39.4. The Morgan fingerprint density at radius 2 is 1.23 bits per heavy atom. The van der Waals surface area contributed by atoms with Crippen LogP contribution in [0, 0.1) is 0 Å². The van der Waals surface area contributed by atoms with Gasteiger partial charge in [-0.05, 0) is 48.5 Å². The van der Waals surface area contributed by atoms with Crippen LogP contribution in [0.3, 0.4) is 0 Å². The number of nitrogens with zero attached hydrogens (tertiary/aromatic N) is 4. The maximum absolute atomic E-state index is 4.61. The molecule has 4 aromatic heterocycles. The minimum atomic E-state index is 0.972. The number of fused-ring (bicyclic) bond motifs is 10. The van der Waals surface area contributed by atoms with E-state index >= 15 is 0 Å². The summed E-state index contributed by atoms with van der Waals surface area (Å²) >= 11 is 1.70. The van der Waals surface area contributed by atoms with Gasteiger partial charge >= 0.3 is 0 Å². The second kappa shape index (κ2) is 7.76. The van der Waals surface area contributed by atoms with E-state index < -0.39 is 0 Å². The maximum Gasteiger partial charge on any atom is 0.143 e. The summed E-state index contributed by atoms with van der Waals surface area (Å²) in [5, 5.41) is 6.18. The molecule has 0 unspecified atom stereocenters. The Morgan fingerprint density at radius 3 is 2.10 bits per heavy atom. The molecule has 9 rings (SSSR count). The van der Waals surface area contributed by atoms with Gasteiger partial charge in [-0.25, -0.2) is 4.98 Å². The summed E-state index contributed by atoms with van der Waals surface area (Å²) in [6.45, 7) is 0. The highest BCUT2D eigenvalue weighted by Gasteiger charge is 2.21. The molecule has 0 aliphatic carbocycles. The normalized spacial score (nSPS) is 12.1. The molecule has 39 heavy (non-hydrogen) atoms. The van der Waals surface area contributed by atoms with E-state index in [0.29, 0.717) is 0 Å². The highest BCUT2D eigenvalue weighted by atomic mass is 32.1. The first-order valence-electron chi connectivity index (χ1n) is 13.0. The number of thiophene rings is 1. The second-order valence-corrected chi connectivity index (χ2v) is 10.9. The molecule has 0 saturated heterocycles. The summed E-state index contributed by atoms with van der Waals surface area (Å²) in [6.07, 6.45) is 3.54. The number of rotatable bonds is 2. The van der Waals surface area contributed by atoms with Gasteiger partial charge in [-0.1, -0.05) is 60.7 Å². The molecule has 9 aromatic rings. The van der Waals surface area contributed by atoms with Gasteiger partial charge in [-0.15, -0.1) is 11.3 Å². The molecule has 0 N–H and O–H groups in total. The molecule has 0 atom stereocenters. The van der Waals surface area contributed by atoms with E-state index in [2.05, 4.69) is 128 Å². The van der Waals surface area contributed by atoms with Crippen molar-refractivity contribution in [1.29, 1.82) is 0 Å². The highest BCUT2D eigenvalue weighted by molar-refractivity contribution is 7.25. The molecule has 0 amide bonds. The van der Waals surface area contributed by atoms with Crippen molar-refractivity contribution in [3.63, 3.8) is 0 Å². The van der Waals surface area contributed by atoms with Crippen LogP contribution in [-0.2, 0) is 0 Å². The lowest BCUT2D eigenvalue weighted by Crippen LogP contribution is -1.95. The first-order valence-corrected chi connectivity index (χ1v) is 13.8. The lowest BCUT2D eigenvalue weighted by atomic mass is 10.1. The predicted molar refractivity (Wildman–Crippen MR) is 164 cm³/mol. The molecule has 0 fully saturated rings. The molecule has 0 aliphatic rings. The summed E-state index contributed by atoms with van der Waals surface area (Å²) in [4.78, 5) is 10.1. The Labute approximate surface area is 227 Å². The van der Waals surface area contributed by atoms with Gasteiger partial charge < -0.3 is 9.13 Å². The molecule has 0 bridgehead atoms. The quantitative estimate of drug-likeness (QED) is 0.230. The fourth-order valence-corrected chi connectivity index (χ4v) is 7.29. The molecule has 5 heteroatoms. The van der Waals surface area contributed by atoms with Crippen molar-refractivity contribution < 1.29 is 0 Å². The van der Waals surface area contributed by atoms with Crippen LogP contribution in [0.2, 0.25) is 0 Å². The van der Waals surface area contributed by atoms with E-state index in [1.165, 1.54) is 48.3 Å². The Hall–Kier alpha value is -5.00. The minimum absolute atomic E-state index is 0.972. The fourth-order valence-electron chi connectivity index (χ4n) is 6.25. The summed E-state index contributed by atoms with van der Waals surface area (Å²) in [5.74, 6) is 0. The number of aromatic nitrogens is 4. The van der Waals surface area contributed by atoms with E-state index in [4.69, 9.17) is 0 Å². The van der Waals surface area contributed by atoms with Crippen molar-refractivity contribution in [2.45, 2.75) is 0 Å². The Kier molecular flexibility index (Phi) is 4.18. The van der Waals surface area contributed by atoms with Crippen LogP contribution < -0.4 is 0 Å². The van der Waals surface area contributed by atoms with Crippen molar-refractivity contribution in [3.05, 3.63) is 122 Å². The van der Waals surface area contributed by atoms with Crippen molar-refractivity contribution in [2.75, 3.05) is 0 Å². The third-order valence-corrected chi connectivity index (χ3v) is 8.88. The molecule has 0 saturated carbocycles. The Balaban J connectivity index is 1.47. The largest absolute Gasteiger partial charge is 0.309 e. The monoisotopic (exact) mass is 516 g/mol. The molecule has 4 heterocycles. The number of benzene rings is 5. The average Bonchev–Trinajstić information content (AvgIpc) is 3.64. The van der Waals surface area contributed by atoms with Gasteiger partial charge in [0.15, 0.2) is 0 Å². The van der Waals surface area contributed by atoms with Crippen molar-refractivity contribution in [3.8, 4) is 11.4 Å². The third kappa shape index (κ3) is 2.82. The first-order chi connectivity index (χ1) is 19.4.